The monoisotopic (exact) mass is 568 g/mol. The van der Waals surface area contributed by atoms with Gasteiger partial charge in [0.2, 0.25) is 0 Å². The maximum atomic E-state index is 12.6. The Morgan fingerprint density at radius 1 is 1.00 bits per heavy atom. The van der Waals surface area contributed by atoms with Crippen LogP contribution in [-0.2, 0) is 14.8 Å². The summed E-state index contributed by atoms with van der Waals surface area (Å²) in [6, 6.07) is 20.8. The van der Waals surface area contributed by atoms with Gasteiger partial charge in [0.25, 0.3) is 21.5 Å². The normalized spacial score (nSPS) is 11.1. The van der Waals surface area contributed by atoms with Gasteiger partial charge in [0.05, 0.1) is 4.90 Å². The van der Waals surface area contributed by atoms with E-state index in [-0.39, 0.29) is 17.1 Å². The number of aromatic nitrogens is 2. The molecule has 0 fully saturated rings. The number of aryl methyl sites for hydroxylation is 1. The summed E-state index contributed by atoms with van der Waals surface area (Å²) >= 11 is 3.30. The zero-order valence-corrected chi connectivity index (χ0v) is 21.4. The number of nitrogens with one attached hydrogen (secondary N) is 3. The van der Waals surface area contributed by atoms with Crippen molar-refractivity contribution < 1.29 is 17.9 Å². The summed E-state index contributed by atoms with van der Waals surface area (Å²) < 4.78 is 34.0. The molecule has 3 aromatic carbocycles. The lowest BCUT2D eigenvalue weighted by Crippen LogP contribution is -2.20. The van der Waals surface area contributed by atoms with Crippen LogP contribution in [0.5, 0.6) is 5.75 Å². The summed E-state index contributed by atoms with van der Waals surface area (Å²) in [5.74, 6) is 0.325. The van der Waals surface area contributed by atoms with Crippen LogP contribution in [0, 0.1) is 6.92 Å². The van der Waals surface area contributed by atoms with E-state index >= 15 is 0 Å². The fourth-order valence-electron chi connectivity index (χ4n) is 3.25. The number of ether oxygens (including phenoxy) is 1. The summed E-state index contributed by atoms with van der Waals surface area (Å²) in [6.07, 6.45) is 0. The van der Waals surface area contributed by atoms with E-state index in [1.54, 1.807) is 55.5 Å². The number of H-pyrrole nitrogens is 1. The van der Waals surface area contributed by atoms with Gasteiger partial charge in [-0.2, -0.15) is 0 Å². The molecule has 0 aliphatic carbocycles. The predicted molar refractivity (Wildman–Crippen MR) is 141 cm³/mol. The average molecular weight is 569 g/mol. The minimum Gasteiger partial charge on any atom is -0.484 e. The lowest BCUT2D eigenvalue weighted by atomic mass is 10.2. The van der Waals surface area contributed by atoms with E-state index in [1.807, 2.05) is 0 Å². The molecule has 0 aliphatic rings. The van der Waals surface area contributed by atoms with E-state index in [9.17, 15) is 18.0 Å². The Bertz CT molecular complexity index is 1550. The maximum absolute atomic E-state index is 12.6. The zero-order chi connectivity index (χ0) is 25.7. The van der Waals surface area contributed by atoms with Gasteiger partial charge in [-0.3, -0.25) is 14.3 Å². The fourth-order valence-corrected chi connectivity index (χ4v) is 4.58. The molecule has 3 N–H and O–H groups in total. The van der Waals surface area contributed by atoms with Gasteiger partial charge in [-0.25, -0.2) is 13.4 Å². The molecule has 184 valence electrons. The SMILES string of the molecule is Cc1cc(=O)[nH]c(-c2cccc(NC(=O)COc3ccc(S(=O)(=O)Nc4ccc(Br)cc4)cc3)c2)n1. The molecule has 4 aromatic rings. The number of halogens is 1. The van der Waals surface area contributed by atoms with Crippen LogP contribution in [0.4, 0.5) is 11.4 Å². The van der Waals surface area contributed by atoms with E-state index in [4.69, 9.17) is 4.74 Å². The average Bonchev–Trinajstić information content (AvgIpc) is 2.84. The number of rotatable bonds is 8. The molecule has 0 aliphatic heterocycles. The number of carbonyl (C=O) groups excluding carboxylic acids is 1. The van der Waals surface area contributed by atoms with Gasteiger partial charge in [0.15, 0.2) is 6.61 Å². The Morgan fingerprint density at radius 2 is 1.72 bits per heavy atom. The van der Waals surface area contributed by atoms with Crippen LogP contribution < -0.4 is 20.3 Å². The number of amides is 1. The molecule has 0 bridgehead atoms. The first kappa shape index (κ1) is 25.1. The van der Waals surface area contributed by atoms with Gasteiger partial charge in [0.1, 0.15) is 11.6 Å². The molecule has 0 saturated heterocycles. The van der Waals surface area contributed by atoms with Gasteiger partial charge in [0, 0.05) is 33.2 Å². The third-order valence-electron chi connectivity index (χ3n) is 4.89. The lowest BCUT2D eigenvalue weighted by molar-refractivity contribution is -0.118. The fraction of sp³-hybridized carbons (Fsp3) is 0.0800. The second kappa shape index (κ2) is 10.8. The Labute approximate surface area is 215 Å². The molecule has 0 saturated carbocycles. The van der Waals surface area contributed by atoms with Crippen LogP contribution in [0.2, 0.25) is 0 Å². The Balaban J connectivity index is 1.35. The highest BCUT2D eigenvalue weighted by Crippen LogP contribution is 2.22. The van der Waals surface area contributed by atoms with Crippen molar-refractivity contribution in [3.05, 3.63) is 99.4 Å². The number of anilines is 2. The van der Waals surface area contributed by atoms with Gasteiger partial charge in [-0.15, -0.1) is 0 Å². The highest BCUT2D eigenvalue weighted by atomic mass is 79.9. The van der Waals surface area contributed by atoms with Crippen molar-refractivity contribution in [2.24, 2.45) is 0 Å². The third-order valence-corrected chi connectivity index (χ3v) is 6.82. The van der Waals surface area contributed by atoms with Crippen molar-refractivity contribution in [2.45, 2.75) is 11.8 Å². The number of sulfonamides is 1. The van der Waals surface area contributed by atoms with Crippen LogP contribution in [0.25, 0.3) is 11.4 Å². The lowest BCUT2D eigenvalue weighted by Gasteiger charge is -2.11. The van der Waals surface area contributed by atoms with Crippen LogP contribution in [0.1, 0.15) is 5.69 Å². The van der Waals surface area contributed by atoms with E-state index < -0.39 is 15.9 Å². The molecule has 0 radical (unpaired) electrons. The van der Waals surface area contributed by atoms with Crippen molar-refractivity contribution in [3.8, 4) is 17.1 Å². The largest absolute Gasteiger partial charge is 0.484 e. The van der Waals surface area contributed by atoms with Gasteiger partial charge in [-0.1, -0.05) is 28.1 Å². The molecule has 0 atom stereocenters. The van der Waals surface area contributed by atoms with Crippen molar-refractivity contribution >= 4 is 43.2 Å². The Hall–Kier alpha value is -3.96. The second-order valence-corrected chi connectivity index (χ2v) is 10.3. The van der Waals surface area contributed by atoms with Crippen molar-refractivity contribution in [3.63, 3.8) is 0 Å². The molecule has 1 aromatic heterocycles. The molecule has 11 heteroatoms. The summed E-state index contributed by atoms with van der Waals surface area (Å²) in [4.78, 5) is 31.1. The molecule has 4 rings (SSSR count). The number of benzene rings is 3. The van der Waals surface area contributed by atoms with Gasteiger partial charge in [-0.05, 0) is 67.6 Å². The van der Waals surface area contributed by atoms with Crippen molar-refractivity contribution in [1.29, 1.82) is 0 Å². The smallest absolute Gasteiger partial charge is 0.262 e. The third kappa shape index (κ3) is 6.58. The van der Waals surface area contributed by atoms with Crippen molar-refractivity contribution in [1.82, 2.24) is 9.97 Å². The number of nitrogens with zero attached hydrogens (tertiary/aromatic N) is 1. The second-order valence-electron chi connectivity index (χ2n) is 7.74. The molecule has 1 heterocycles. The quantitative estimate of drug-likeness (QED) is 0.290. The number of carbonyl (C=O) groups is 1. The molecule has 0 spiro atoms. The molecule has 1 amide bonds. The Morgan fingerprint density at radius 3 is 2.42 bits per heavy atom. The minimum atomic E-state index is -3.77. The molecule has 9 nitrogen and oxygen atoms in total. The van der Waals surface area contributed by atoms with Crippen LogP contribution in [-0.4, -0.2) is 30.9 Å². The highest BCUT2D eigenvalue weighted by molar-refractivity contribution is 9.10. The number of hydrogen-bond donors (Lipinski definition) is 3. The topological polar surface area (TPSA) is 130 Å². The van der Waals surface area contributed by atoms with Crippen LogP contribution in [0.15, 0.2) is 93.0 Å². The standard InChI is InChI=1S/C25H21BrN4O5S/c1-16-13-23(31)29-25(27-16)17-3-2-4-20(14-17)28-24(32)15-35-21-9-11-22(12-10-21)36(33,34)30-19-7-5-18(26)6-8-19/h2-14,30H,15H2,1H3,(H,28,32)(H,27,29,31). The number of hydrogen-bond acceptors (Lipinski definition) is 6. The van der Waals surface area contributed by atoms with Crippen LogP contribution in [0.3, 0.4) is 0 Å². The first-order chi connectivity index (χ1) is 17.2. The van der Waals surface area contributed by atoms with Crippen LogP contribution >= 0.6 is 15.9 Å². The molecule has 0 unspecified atom stereocenters. The maximum Gasteiger partial charge on any atom is 0.262 e. The van der Waals surface area contributed by atoms with E-state index in [2.05, 4.69) is 35.9 Å². The highest BCUT2D eigenvalue weighted by Gasteiger charge is 2.14. The number of aromatic amines is 1. The molecular weight excluding hydrogens is 548 g/mol. The molecule has 36 heavy (non-hydrogen) atoms. The van der Waals surface area contributed by atoms with Gasteiger partial charge < -0.3 is 15.0 Å². The minimum absolute atomic E-state index is 0.0573. The summed E-state index contributed by atoms with van der Waals surface area (Å²) in [7, 11) is -3.77. The van der Waals surface area contributed by atoms with Crippen molar-refractivity contribution in [2.75, 3.05) is 16.6 Å². The zero-order valence-electron chi connectivity index (χ0n) is 19.0. The summed E-state index contributed by atoms with van der Waals surface area (Å²) in [5, 5.41) is 2.73. The predicted octanol–water partition coefficient (Wildman–Crippen LogP) is 4.33. The first-order valence-electron chi connectivity index (χ1n) is 10.7. The van der Waals surface area contributed by atoms with E-state index in [1.165, 1.54) is 30.3 Å². The molecular formula is C25H21BrN4O5S. The van der Waals surface area contributed by atoms with E-state index in [0.717, 1.165) is 4.47 Å². The summed E-state index contributed by atoms with van der Waals surface area (Å²) in [6.45, 7) is 1.44. The Kier molecular flexibility index (Phi) is 7.51. The van der Waals surface area contributed by atoms with E-state index in [0.29, 0.717) is 34.2 Å². The summed E-state index contributed by atoms with van der Waals surface area (Å²) in [5.41, 5.74) is 1.90. The first-order valence-corrected chi connectivity index (χ1v) is 12.9. The van der Waals surface area contributed by atoms with Gasteiger partial charge >= 0.3 is 0 Å².